The lowest BCUT2D eigenvalue weighted by Crippen LogP contribution is -2.47. The quantitative estimate of drug-likeness (QED) is 0.668. The average molecular weight is 303 g/mol. The van der Waals surface area contributed by atoms with Gasteiger partial charge in [0.15, 0.2) is 0 Å². The fraction of sp³-hybridized carbons (Fsp3) is 1.00. The van der Waals surface area contributed by atoms with Gasteiger partial charge in [-0.15, -0.1) is 0 Å². The summed E-state index contributed by atoms with van der Waals surface area (Å²) >= 11 is 0. The van der Waals surface area contributed by atoms with E-state index in [-0.39, 0.29) is 6.04 Å². The number of nitrogens with zero attached hydrogens (tertiary/aromatic N) is 1. The molecule has 2 unspecified atom stereocenters. The van der Waals surface area contributed by atoms with Crippen molar-refractivity contribution < 1.29 is 8.42 Å². The van der Waals surface area contributed by atoms with Gasteiger partial charge in [0.1, 0.15) is 0 Å². The van der Waals surface area contributed by atoms with Crippen LogP contribution in [0.5, 0.6) is 0 Å². The Balaban J connectivity index is 1.72. The molecule has 118 valence electrons. The minimum absolute atomic E-state index is 0.112. The first kappa shape index (κ1) is 16.2. The SMILES string of the molecule is CC1CCCCC1NS(=O)(=O)N(C)CCCNC1CC1. The average Bonchev–Trinajstić information content (AvgIpc) is 3.21. The largest absolute Gasteiger partial charge is 0.314 e. The van der Waals surface area contributed by atoms with Crippen molar-refractivity contribution in [2.45, 2.75) is 64.0 Å². The molecule has 2 N–H and O–H groups in total. The van der Waals surface area contributed by atoms with E-state index in [1.165, 1.54) is 23.6 Å². The van der Waals surface area contributed by atoms with Crippen LogP contribution in [-0.4, -0.2) is 44.9 Å². The van der Waals surface area contributed by atoms with Crippen LogP contribution in [0.4, 0.5) is 0 Å². The molecule has 0 aliphatic heterocycles. The molecule has 2 aliphatic rings. The Hall–Kier alpha value is -0.170. The van der Waals surface area contributed by atoms with Crippen LogP contribution in [0.25, 0.3) is 0 Å². The van der Waals surface area contributed by atoms with Crippen molar-refractivity contribution in [2.75, 3.05) is 20.1 Å². The zero-order chi connectivity index (χ0) is 14.6. The van der Waals surface area contributed by atoms with E-state index in [9.17, 15) is 8.42 Å². The Morgan fingerprint density at radius 3 is 2.50 bits per heavy atom. The first-order chi connectivity index (χ1) is 9.49. The molecule has 2 aliphatic carbocycles. The van der Waals surface area contributed by atoms with Gasteiger partial charge >= 0.3 is 0 Å². The number of nitrogens with one attached hydrogen (secondary N) is 2. The van der Waals surface area contributed by atoms with Crippen LogP contribution >= 0.6 is 0 Å². The summed E-state index contributed by atoms with van der Waals surface area (Å²) < 4.78 is 28.9. The van der Waals surface area contributed by atoms with Crippen molar-refractivity contribution in [1.82, 2.24) is 14.3 Å². The van der Waals surface area contributed by atoms with Gasteiger partial charge in [0.25, 0.3) is 10.2 Å². The number of rotatable bonds is 8. The van der Waals surface area contributed by atoms with E-state index in [0.717, 1.165) is 32.2 Å². The molecule has 20 heavy (non-hydrogen) atoms. The molecular weight excluding hydrogens is 274 g/mol. The fourth-order valence-electron chi connectivity index (χ4n) is 2.79. The van der Waals surface area contributed by atoms with E-state index in [1.54, 1.807) is 7.05 Å². The first-order valence-electron chi connectivity index (χ1n) is 7.96. The molecule has 0 bridgehead atoms. The van der Waals surface area contributed by atoms with Crippen molar-refractivity contribution in [1.29, 1.82) is 0 Å². The van der Waals surface area contributed by atoms with E-state index in [1.807, 2.05) is 0 Å². The number of hydrogen-bond donors (Lipinski definition) is 2. The topological polar surface area (TPSA) is 61.4 Å². The smallest absolute Gasteiger partial charge is 0.279 e. The summed E-state index contributed by atoms with van der Waals surface area (Å²) in [6, 6.07) is 0.805. The van der Waals surface area contributed by atoms with Gasteiger partial charge in [-0.25, -0.2) is 0 Å². The molecule has 6 heteroatoms. The number of hydrogen-bond acceptors (Lipinski definition) is 3. The normalized spacial score (nSPS) is 27.9. The Kier molecular flexibility index (Phi) is 5.84. The van der Waals surface area contributed by atoms with Gasteiger partial charge in [-0.1, -0.05) is 19.8 Å². The highest BCUT2D eigenvalue weighted by Crippen LogP contribution is 2.24. The van der Waals surface area contributed by atoms with E-state index >= 15 is 0 Å². The predicted octanol–water partition coefficient (Wildman–Crippen LogP) is 1.47. The molecule has 0 aromatic heterocycles. The second kappa shape index (κ2) is 7.20. The molecule has 0 radical (unpaired) electrons. The molecule has 2 rings (SSSR count). The molecule has 0 heterocycles. The van der Waals surface area contributed by atoms with E-state index < -0.39 is 10.2 Å². The minimum Gasteiger partial charge on any atom is -0.314 e. The van der Waals surface area contributed by atoms with Gasteiger partial charge in [-0.2, -0.15) is 17.4 Å². The van der Waals surface area contributed by atoms with Crippen LogP contribution < -0.4 is 10.0 Å². The predicted molar refractivity (Wildman–Crippen MR) is 81.7 cm³/mol. The van der Waals surface area contributed by atoms with E-state index in [4.69, 9.17) is 0 Å². The van der Waals surface area contributed by atoms with Crippen LogP contribution in [0, 0.1) is 5.92 Å². The Labute approximate surface area is 123 Å². The Bertz CT molecular complexity index is 395. The van der Waals surface area contributed by atoms with Crippen LogP contribution in [0.15, 0.2) is 0 Å². The molecular formula is C14H29N3O2S. The molecule has 0 saturated heterocycles. The second-order valence-electron chi connectivity index (χ2n) is 6.39. The summed E-state index contributed by atoms with van der Waals surface area (Å²) in [5.41, 5.74) is 0. The molecule has 0 spiro atoms. The maximum atomic E-state index is 12.3. The summed E-state index contributed by atoms with van der Waals surface area (Å²) in [7, 11) is -1.65. The van der Waals surface area contributed by atoms with Crippen molar-refractivity contribution in [3.05, 3.63) is 0 Å². The van der Waals surface area contributed by atoms with Crippen LogP contribution in [0.1, 0.15) is 51.9 Å². The highest BCUT2D eigenvalue weighted by Gasteiger charge is 2.28. The zero-order valence-electron chi connectivity index (χ0n) is 12.8. The maximum Gasteiger partial charge on any atom is 0.279 e. The third-order valence-corrected chi connectivity index (χ3v) is 6.09. The Morgan fingerprint density at radius 2 is 1.85 bits per heavy atom. The molecule has 0 amide bonds. The highest BCUT2D eigenvalue weighted by molar-refractivity contribution is 7.87. The minimum atomic E-state index is -3.32. The van der Waals surface area contributed by atoms with Gasteiger partial charge in [0, 0.05) is 25.7 Å². The fourth-order valence-corrected chi connectivity index (χ4v) is 4.07. The second-order valence-corrected chi connectivity index (χ2v) is 8.20. The van der Waals surface area contributed by atoms with Gasteiger partial charge in [-0.05, 0) is 44.6 Å². The monoisotopic (exact) mass is 303 g/mol. The third kappa shape index (κ3) is 4.98. The lowest BCUT2D eigenvalue weighted by molar-refractivity contribution is 0.304. The molecule has 2 atom stereocenters. The van der Waals surface area contributed by atoms with Crippen molar-refractivity contribution in [3.63, 3.8) is 0 Å². The summed E-state index contributed by atoms with van der Waals surface area (Å²) in [5.74, 6) is 0.448. The third-order valence-electron chi connectivity index (χ3n) is 4.48. The van der Waals surface area contributed by atoms with E-state index in [2.05, 4.69) is 17.0 Å². The van der Waals surface area contributed by atoms with Crippen molar-refractivity contribution in [3.8, 4) is 0 Å². The van der Waals surface area contributed by atoms with Gasteiger partial charge < -0.3 is 5.32 Å². The zero-order valence-corrected chi connectivity index (χ0v) is 13.6. The summed E-state index contributed by atoms with van der Waals surface area (Å²) in [6.45, 7) is 3.63. The standard InChI is InChI=1S/C14H29N3O2S/c1-12-6-3-4-7-14(12)16-20(18,19)17(2)11-5-10-15-13-8-9-13/h12-16H,3-11H2,1-2H3. The van der Waals surface area contributed by atoms with Crippen molar-refractivity contribution in [2.24, 2.45) is 5.92 Å². The molecule has 2 fully saturated rings. The molecule has 0 aromatic carbocycles. The van der Waals surface area contributed by atoms with Gasteiger partial charge in [-0.3, -0.25) is 0 Å². The Morgan fingerprint density at radius 1 is 1.15 bits per heavy atom. The first-order valence-corrected chi connectivity index (χ1v) is 9.40. The highest BCUT2D eigenvalue weighted by atomic mass is 32.2. The summed E-state index contributed by atoms with van der Waals surface area (Å²) in [4.78, 5) is 0. The van der Waals surface area contributed by atoms with Gasteiger partial charge in [0.05, 0.1) is 0 Å². The lowest BCUT2D eigenvalue weighted by Gasteiger charge is -2.31. The van der Waals surface area contributed by atoms with Crippen LogP contribution in [0.2, 0.25) is 0 Å². The van der Waals surface area contributed by atoms with E-state index in [0.29, 0.717) is 18.5 Å². The lowest BCUT2D eigenvalue weighted by atomic mass is 9.87. The van der Waals surface area contributed by atoms with Crippen molar-refractivity contribution >= 4 is 10.2 Å². The maximum absolute atomic E-state index is 12.3. The van der Waals surface area contributed by atoms with Crippen LogP contribution in [-0.2, 0) is 10.2 Å². The summed E-state index contributed by atoms with van der Waals surface area (Å²) in [6.07, 6.45) is 7.87. The van der Waals surface area contributed by atoms with Crippen LogP contribution in [0.3, 0.4) is 0 Å². The van der Waals surface area contributed by atoms with Gasteiger partial charge in [0.2, 0.25) is 0 Å². The molecule has 0 aromatic rings. The molecule has 2 saturated carbocycles. The molecule has 5 nitrogen and oxygen atoms in total. The summed E-state index contributed by atoms with van der Waals surface area (Å²) in [5, 5.41) is 3.41.